The van der Waals surface area contributed by atoms with Crippen molar-refractivity contribution in [2.75, 3.05) is 31.3 Å². The number of alkyl halides is 2. The SMILES string of the molecule is CC(C)CC(=O)SCCOP(=O)(OCCSC(=O)CC(C)C)C(F)(F)c1ccc2ccc(C(=O)N[C@H]3CCCC[C@H]4CC[C@@H](C(=O)N5CC(c6ccccc6)CC56CC6)N4C3=O)cc2c1. The fraction of sp³-hybridized carbons (Fsp3) is 0.571. The van der Waals surface area contributed by atoms with Gasteiger partial charge in [0.25, 0.3) is 5.91 Å². The first-order valence-corrected chi connectivity index (χ1v) is 26.6. The van der Waals surface area contributed by atoms with Crippen LogP contribution >= 0.6 is 31.1 Å². The summed E-state index contributed by atoms with van der Waals surface area (Å²) in [5.41, 5.74) is -3.61. The topological polar surface area (TPSA) is 139 Å². The molecule has 4 fully saturated rings. The van der Waals surface area contributed by atoms with Crippen LogP contribution in [-0.2, 0) is 38.5 Å². The standard InChI is InChI=1S/C49H62F2N3O8PS2/c1-32(2)26-43(55)64-24-22-61-63(60,62-23-25-65-44(56)27-33(3)4)49(50,51)39-17-16-35-14-15-36(28-37(35)29-39)45(57)52-41-13-9-8-12-40-18-19-42(54(40)46(41)58)47(59)53-31-38(30-48(53)20-21-48)34-10-6-5-7-11-34/h5-7,10-11,14-17,28-29,32-33,38,40-42H,8-9,12-13,18-27,30-31H2,1-4H3,(H,52,57)/t38?,40-,41-,42-/m0/s1. The van der Waals surface area contributed by atoms with Gasteiger partial charge in [0.15, 0.2) is 10.2 Å². The Bertz CT molecular complexity index is 2240. The number of rotatable bonds is 18. The minimum atomic E-state index is -5.25. The van der Waals surface area contributed by atoms with Crippen LogP contribution < -0.4 is 5.32 Å². The van der Waals surface area contributed by atoms with Crippen LogP contribution in [0.5, 0.6) is 0 Å². The fourth-order valence-electron chi connectivity index (χ4n) is 9.61. The molecule has 4 atom stereocenters. The molecule has 1 N–H and O–H groups in total. The lowest BCUT2D eigenvalue weighted by Gasteiger charge is -2.37. The van der Waals surface area contributed by atoms with E-state index in [-0.39, 0.29) is 73.8 Å². The highest BCUT2D eigenvalue weighted by Crippen LogP contribution is 2.67. The highest BCUT2D eigenvalue weighted by atomic mass is 32.2. The molecule has 0 radical (unpaired) electrons. The summed E-state index contributed by atoms with van der Waals surface area (Å²) in [5.74, 6) is -0.396. The van der Waals surface area contributed by atoms with Crippen LogP contribution in [0.25, 0.3) is 10.8 Å². The van der Waals surface area contributed by atoms with E-state index in [1.807, 2.05) is 50.8 Å². The molecule has 1 spiro atoms. The van der Waals surface area contributed by atoms with Crippen LogP contribution in [0.3, 0.4) is 0 Å². The minimum absolute atomic E-state index is 0.00355. The van der Waals surface area contributed by atoms with Gasteiger partial charge in [-0.05, 0) is 91.3 Å². The van der Waals surface area contributed by atoms with Gasteiger partial charge >= 0.3 is 13.3 Å². The quantitative estimate of drug-likeness (QED) is 0.0968. The summed E-state index contributed by atoms with van der Waals surface area (Å²) in [6.45, 7) is 7.29. The maximum Gasteiger partial charge on any atom is 0.404 e. The Morgan fingerprint density at radius 1 is 0.831 bits per heavy atom. The number of thioether (sulfide) groups is 2. The number of hydrogen-bond donors (Lipinski definition) is 1. The maximum atomic E-state index is 16.6. The number of carbonyl (C=O) groups excluding carboxylic acids is 5. The van der Waals surface area contributed by atoms with Crippen molar-refractivity contribution in [3.8, 4) is 0 Å². The molecule has 3 heterocycles. The van der Waals surface area contributed by atoms with Crippen molar-refractivity contribution in [1.82, 2.24) is 15.1 Å². The lowest BCUT2D eigenvalue weighted by Crippen LogP contribution is -2.57. The largest absolute Gasteiger partial charge is 0.404 e. The predicted octanol–water partition coefficient (Wildman–Crippen LogP) is 10.3. The zero-order valence-corrected chi connectivity index (χ0v) is 40.3. The first-order chi connectivity index (χ1) is 31.0. The summed E-state index contributed by atoms with van der Waals surface area (Å²) in [5, 5.41) is 3.45. The average Bonchev–Trinajstić information content (AvgIpc) is 3.76. The summed E-state index contributed by atoms with van der Waals surface area (Å²) in [6, 6.07) is 17.1. The third-order valence-electron chi connectivity index (χ3n) is 13.1. The lowest BCUT2D eigenvalue weighted by molar-refractivity contribution is -0.148. The van der Waals surface area contributed by atoms with Crippen LogP contribution in [0.1, 0.15) is 126 Å². The Morgan fingerprint density at radius 2 is 1.46 bits per heavy atom. The van der Waals surface area contributed by atoms with Crippen molar-refractivity contribution in [2.24, 2.45) is 11.8 Å². The van der Waals surface area contributed by atoms with Crippen molar-refractivity contribution in [3.63, 3.8) is 0 Å². The van der Waals surface area contributed by atoms with Crippen LogP contribution in [-0.4, -0.2) is 92.7 Å². The van der Waals surface area contributed by atoms with E-state index >= 15 is 8.78 Å². The Labute approximate surface area is 389 Å². The summed E-state index contributed by atoms with van der Waals surface area (Å²) in [4.78, 5) is 71.3. The van der Waals surface area contributed by atoms with Crippen molar-refractivity contribution in [1.29, 1.82) is 0 Å². The van der Waals surface area contributed by atoms with Gasteiger partial charge in [-0.3, -0.25) is 28.5 Å². The zero-order chi connectivity index (χ0) is 46.5. The molecule has 3 saturated heterocycles. The van der Waals surface area contributed by atoms with E-state index < -0.39 is 50.0 Å². The number of amides is 3. The minimum Gasteiger partial charge on any atom is -0.340 e. The van der Waals surface area contributed by atoms with E-state index in [9.17, 15) is 28.5 Å². The van der Waals surface area contributed by atoms with Crippen LogP contribution in [0.15, 0.2) is 66.7 Å². The Hall–Kier alpha value is -3.62. The van der Waals surface area contributed by atoms with Gasteiger partial charge in [-0.25, -0.2) is 0 Å². The number of fused-ring (bicyclic) bond motifs is 2. The molecular weight excluding hydrogens is 892 g/mol. The predicted molar refractivity (Wildman–Crippen MR) is 252 cm³/mol. The Morgan fingerprint density at radius 3 is 2.09 bits per heavy atom. The van der Waals surface area contributed by atoms with E-state index in [1.165, 1.54) is 17.7 Å². The molecule has 3 aromatic carbocycles. The molecular formula is C49H62F2N3O8PS2. The van der Waals surface area contributed by atoms with E-state index in [2.05, 4.69) is 17.4 Å². The Balaban J connectivity index is 1.05. The van der Waals surface area contributed by atoms with Gasteiger partial charge in [-0.1, -0.05) is 113 Å². The first kappa shape index (κ1) is 49.3. The van der Waals surface area contributed by atoms with Crippen LogP contribution in [0.2, 0.25) is 0 Å². The van der Waals surface area contributed by atoms with Gasteiger partial charge in [0.05, 0.1) is 13.2 Å². The number of hydrogen-bond acceptors (Lipinski definition) is 10. The smallest absolute Gasteiger partial charge is 0.340 e. The van der Waals surface area contributed by atoms with E-state index in [1.54, 1.807) is 17.0 Å². The number of carbonyl (C=O) groups is 5. The molecule has 1 unspecified atom stereocenters. The summed E-state index contributed by atoms with van der Waals surface area (Å²) in [7, 11) is -5.25. The van der Waals surface area contributed by atoms with Gasteiger partial charge < -0.3 is 24.2 Å². The molecule has 16 heteroatoms. The number of nitrogens with one attached hydrogen (secondary N) is 1. The van der Waals surface area contributed by atoms with Crippen molar-refractivity contribution < 1.29 is 46.4 Å². The number of halogens is 2. The molecule has 1 saturated carbocycles. The van der Waals surface area contributed by atoms with Crippen molar-refractivity contribution in [2.45, 2.75) is 134 Å². The molecule has 65 heavy (non-hydrogen) atoms. The summed E-state index contributed by atoms with van der Waals surface area (Å²) >= 11 is 1.82. The van der Waals surface area contributed by atoms with Crippen LogP contribution in [0, 0.1) is 11.8 Å². The van der Waals surface area contributed by atoms with Crippen LogP contribution in [0.4, 0.5) is 8.78 Å². The van der Waals surface area contributed by atoms with E-state index in [0.717, 1.165) is 74.2 Å². The summed E-state index contributed by atoms with van der Waals surface area (Å²) < 4.78 is 58.0. The first-order valence-electron chi connectivity index (χ1n) is 23.1. The molecule has 7 rings (SSSR count). The molecule has 0 bridgehead atoms. The van der Waals surface area contributed by atoms with Gasteiger partial charge in [0, 0.05) is 59.5 Å². The second-order valence-corrected chi connectivity index (χ2v) is 23.3. The molecule has 3 amide bonds. The molecule has 1 aliphatic carbocycles. The molecule has 4 aliphatic rings. The maximum absolute atomic E-state index is 16.6. The normalized spacial score (nSPS) is 22.1. The summed E-state index contributed by atoms with van der Waals surface area (Å²) in [6.07, 6.45) is 7.47. The van der Waals surface area contributed by atoms with E-state index in [0.29, 0.717) is 44.0 Å². The Kier molecular flexibility index (Phi) is 16.0. The third kappa shape index (κ3) is 11.6. The van der Waals surface area contributed by atoms with Gasteiger partial charge in [0.2, 0.25) is 11.8 Å². The highest BCUT2D eigenvalue weighted by molar-refractivity contribution is 8.13. The lowest BCUT2D eigenvalue weighted by atomic mass is 9.96. The second kappa shape index (κ2) is 21.1. The number of nitrogens with zero attached hydrogens (tertiary/aromatic N) is 2. The molecule has 0 aromatic heterocycles. The third-order valence-corrected chi connectivity index (χ3v) is 16.8. The van der Waals surface area contributed by atoms with Crippen molar-refractivity contribution in [3.05, 3.63) is 83.4 Å². The highest BCUT2D eigenvalue weighted by Gasteiger charge is 2.59. The average molecular weight is 954 g/mol. The zero-order valence-electron chi connectivity index (χ0n) is 37.8. The molecule has 352 valence electrons. The van der Waals surface area contributed by atoms with Gasteiger partial charge in [0.1, 0.15) is 12.1 Å². The molecule has 3 aliphatic heterocycles. The molecule has 11 nitrogen and oxygen atoms in total. The monoisotopic (exact) mass is 953 g/mol. The second-order valence-electron chi connectivity index (χ2n) is 18.9. The van der Waals surface area contributed by atoms with Crippen molar-refractivity contribution >= 4 is 69.8 Å². The number of likely N-dealkylation sites (tertiary alicyclic amines) is 1. The van der Waals surface area contributed by atoms with E-state index in [4.69, 9.17) is 9.05 Å². The molecule has 3 aromatic rings. The number of benzene rings is 3. The fourth-order valence-corrected chi connectivity index (χ4v) is 13.1. The van der Waals surface area contributed by atoms with Gasteiger partial charge in [-0.15, -0.1) is 0 Å². The van der Waals surface area contributed by atoms with Gasteiger partial charge in [-0.2, -0.15) is 8.78 Å².